The van der Waals surface area contributed by atoms with E-state index >= 15 is 0 Å². The lowest BCUT2D eigenvalue weighted by Gasteiger charge is -2.21. The predicted octanol–water partition coefficient (Wildman–Crippen LogP) is 2.05. The summed E-state index contributed by atoms with van der Waals surface area (Å²) in [5, 5.41) is 0. The van der Waals surface area contributed by atoms with Crippen LogP contribution in [0, 0.1) is 0 Å². The van der Waals surface area contributed by atoms with Gasteiger partial charge in [-0.3, -0.25) is 4.72 Å². The number of nitrogens with two attached hydrogens (primary N) is 1. The van der Waals surface area contributed by atoms with Gasteiger partial charge in [0.1, 0.15) is 0 Å². The molecule has 1 rings (SSSR count). The summed E-state index contributed by atoms with van der Waals surface area (Å²) >= 11 is 0. The molecule has 0 saturated heterocycles. The van der Waals surface area contributed by atoms with Crippen LogP contribution in [-0.2, 0) is 10.2 Å². The molecule has 0 atom stereocenters. The number of nitrogen functional groups attached to an aromatic ring is 1. The van der Waals surface area contributed by atoms with Gasteiger partial charge in [0.2, 0.25) is 0 Å². The summed E-state index contributed by atoms with van der Waals surface area (Å²) in [4.78, 5) is 0. The quantitative estimate of drug-likeness (QED) is 0.745. The molecule has 0 aromatic heterocycles. The highest BCUT2D eigenvalue weighted by Crippen LogP contribution is 2.14. The smallest absolute Gasteiger partial charge is 0.301 e. The molecule has 0 aliphatic rings. The topological polar surface area (TPSA) is 75.4 Å². The van der Waals surface area contributed by atoms with Gasteiger partial charge in [-0.05, 0) is 37.1 Å². The zero-order valence-electron chi connectivity index (χ0n) is 10.9. The summed E-state index contributed by atoms with van der Waals surface area (Å²) in [7, 11) is -3.47. The van der Waals surface area contributed by atoms with Gasteiger partial charge in [-0.1, -0.05) is 13.8 Å². The van der Waals surface area contributed by atoms with Gasteiger partial charge in [-0.15, -0.1) is 0 Å². The van der Waals surface area contributed by atoms with E-state index < -0.39 is 10.2 Å². The standard InChI is InChI=1S/C12H21N3O2S/c1-3-9-15(10-4-2)18(16,17)14-12-7-5-11(13)6-8-12/h5-8,14H,3-4,9-10,13H2,1-2H3. The number of rotatable bonds is 7. The molecule has 1 aromatic carbocycles. The van der Waals surface area contributed by atoms with Gasteiger partial charge in [0.25, 0.3) is 0 Å². The summed E-state index contributed by atoms with van der Waals surface area (Å²) < 4.78 is 28.3. The SMILES string of the molecule is CCCN(CCC)S(=O)(=O)Nc1ccc(N)cc1. The van der Waals surface area contributed by atoms with E-state index in [-0.39, 0.29) is 0 Å². The molecule has 0 spiro atoms. The summed E-state index contributed by atoms with van der Waals surface area (Å²) in [6.45, 7) is 4.97. The van der Waals surface area contributed by atoms with Gasteiger partial charge < -0.3 is 5.73 Å². The van der Waals surface area contributed by atoms with Crippen molar-refractivity contribution in [2.45, 2.75) is 26.7 Å². The van der Waals surface area contributed by atoms with Gasteiger partial charge in [-0.2, -0.15) is 12.7 Å². The minimum atomic E-state index is -3.47. The molecular weight excluding hydrogens is 250 g/mol. The summed E-state index contributed by atoms with van der Waals surface area (Å²) in [6.07, 6.45) is 1.59. The molecule has 5 nitrogen and oxygen atoms in total. The predicted molar refractivity (Wildman–Crippen MR) is 75.6 cm³/mol. The van der Waals surface area contributed by atoms with E-state index in [4.69, 9.17) is 5.73 Å². The molecule has 1 aromatic rings. The van der Waals surface area contributed by atoms with Crippen LogP contribution in [0.5, 0.6) is 0 Å². The molecule has 0 aliphatic carbocycles. The second-order valence-corrected chi connectivity index (χ2v) is 5.80. The van der Waals surface area contributed by atoms with Crippen LogP contribution in [0.2, 0.25) is 0 Å². The maximum absolute atomic E-state index is 12.1. The second kappa shape index (κ2) is 6.61. The minimum Gasteiger partial charge on any atom is -0.399 e. The van der Waals surface area contributed by atoms with Crippen molar-refractivity contribution in [1.29, 1.82) is 0 Å². The Morgan fingerprint density at radius 1 is 1.11 bits per heavy atom. The van der Waals surface area contributed by atoms with E-state index in [9.17, 15) is 8.42 Å². The maximum Gasteiger partial charge on any atom is 0.301 e. The summed E-state index contributed by atoms with van der Waals surface area (Å²) in [6, 6.07) is 6.65. The molecule has 102 valence electrons. The highest BCUT2D eigenvalue weighted by molar-refractivity contribution is 7.90. The van der Waals surface area contributed by atoms with Crippen LogP contribution in [0.4, 0.5) is 11.4 Å². The largest absolute Gasteiger partial charge is 0.399 e. The average Bonchev–Trinajstić information content (AvgIpc) is 2.32. The van der Waals surface area contributed by atoms with Crippen molar-refractivity contribution >= 4 is 21.6 Å². The number of hydrogen-bond acceptors (Lipinski definition) is 3. The van der Waals surface area contributed by atoms with Gasteiger partial charge >= 0.3 is 10.2 Å². The zero-order chi connectivity index (χ0) is 13.6. The van der Waals surface area contributed by atoms with E-state index in [1.54, 1.807) is 24.3 Å². The van der Waals surface area contributed by atoms with Gasteiger partial charge in [0.15, 0.2) is 0 Å². The molecule has 0 amide bonds. The van der Waals surface area contributed by atoms with E-state index in [0.717, 1.165) is 12.8 Å². The third-order valence-corrected chi connectivity index (χ3v) is 3.98. The van der Waals surface area contributed by atoms with Crippen LogP contribution >= 0.6 is 0 Å². The molecule has 0 radical (unpaired) electrons. The van der Waals surface area contributed by atoms with Crippen molar-refractivity contribution in [3.05, 3.63) is 24.3 Å². The fraction of sp³-hybridized carbons (Fsp3) is 0.500. The third kappa shape index (κ3) is 4.19. The van der Waals surface area contributed by atoms with Crippen LogP contribution < -0.4 is 10.5 Å². The van der Waals surface area contributed by atoms with Crippen LogP contribution in [-0.4, -0.2) is 25.8 Å². The number of benzene rings is 1. The van der Waals surface area contributed by atoms with Crippen LogP contribution in [0.1, 0.15) is 26.7 Å². The molecular formula is C12H21N3O2S. The average molecular weight is 271 g/mol. The fourth-order valence-electron chi connectivity index (χ4n) is 1.62. The third-order valence-electron chi connectivity index (χ3n) is 2.44. The fourth-order valence-corrected chi connectivity index (χ4v) is 3.02. The first kappa shape index (κ1) is 14.8. The highest BCUT2D eigenvalue weighted by Gasteiger charge is 2.19. The number of hydrogen-bond donors (Lipinski definition) is 2. The molecule has 0 fully saturated rings. The Balaban J connectivity index is 2.81. The van der Waals surface area contributed by atoms with E-state index in [1.807, 2.05) is 13.8 Å². The lowest BCUT2D eigenvalue weighted by atomic mass is 10.3. The molecule has 6 heteroatoms. The van der Waals surface area contributed by atoms with Crippen molar-refractivity contribution in [2.24, 2.45) is 0 Å². The number of nitrogens with one attached hydrogen (secondary N) is 1. The monoisotopic (exact) mass is 271 g/mol. The van der Waals surface area contributed by atoms with Crippen LogP contribution in [0.3, 0.4) is 0 Å². The molecule has 3 N–H and O–H groups in total. The molecule has 0 heterocycles. The Morgan fingerprint density at radius 3 is 2.06 bits per heavy atom. The molecule has 0 aliphatic heterocycles. The lowest BCUT2D eigenvalue weighted by molar-refractivity contribution is 0.413. The highest BCUT2D eigenvalue weighted by atomic mass is 32.2. The maximum atomic E-state index is 12.1. The molecule has 0 unspecified atom stereocenters. The first-order valence-electron chi connectivity index (χ1n) is 6.13. The van der Waals surface area contributed by atoms with E-state index in [1.165, 1.54) is 4.31 Å². The second-order valence-electron chi connectivity index (χ2n) is 4.13. The summed E-state index contributed by atoms with van der Waals surface area (Å²) in [5.74, 6) is 0. The Kier molecular flexibility index (Phi) is 5.43. The lowest BCUT2D eigenvalue weighted by Crippen LogP contribution is -2.37. The minimum absolute atomic E-state index is 0.526. The number of anilines is 2. The van der Waals surface area contributed by atoms with Gasteiger partial charge in [0, 0.05) is 24.5 Å². The first-order valence-corrected chi connectivity index (χ1v) is 7.57. The Morgan fingerprint density at radius 2 is 1.61 bits per heavy atom. The normalized spacial score (nSPS) is 11.7. The van der Waals surface area contributed by atoms with Crippen molar-refractivity contribution in [2.75, 3.05) is 23.5 Å². The zero-order valence-corrected chi connectivity index (χ0v) is 11.7. The molecule has 0 bridgehead atoms. The summed E-state index contributed by atoms with van der Waals surface area (Å²) in [5.41, 5.74) is 6.70. The van der Waals surface area contributed by atoms with Gasteiger partial charge in [-0.25, -0.2) is 0 Å². The van der Waals surface area contributed by atoms with Gasteiger partial charge in [0.05, 0.1) is 0 Å². The molecule has 18 heavy (non-hydrogen) atoms. The Labute approximate surface area is 109 Å². The molecule has 0 saturated carbocycles. The van der Waals surface area contributed by atoms with Crippen LogP contribution in [0.15, 0.2) is 24.3 Å². The first-order chi connectivity index (χ1) is 8.49. The van der Waals surface area contributed by atoms with Crippen molar-refractivity contribution in [1.82, 2.24) is 4.31 Å². The van der Waals surface area contributed by atoms with Crippen molar-refractivity contribution in [3.63, 3.8) is 0 Å². The Hall–Kier alpha value is -1.27. The van der Waals surface area contributed by atoms with Crippen LogP contribution in [0.25, 0.3) is 0 Å². The van der Waals surface area contributed by atoms with E-state index in [0.29, 0.717) is 24.5 Å². The number of nitrogens with zero attached hydrogens (tertiary/aromatic N) is 1. The van der Waals surface area contributed by atoms with Crippen molar-refractivity contribution < 1.29 is 8.42 Å². The Bertz CT molecular complexity index is 451. The van der Waals surface area contributed by atoms with Crippen molar-refractivity contribution in [3.8, 4) is 0 Å². The van der Waals surface area contributed by atoms with E-state index in [2.05, 4.69) is 4.72 Å².